The van der Waals surface area contributed by atoms with E-state index in [9.17, 15) is 36.3 Å². The van der Waals surface area contributed by atoms with Crippen LogP contribution in [0, 0.1) is 5.21 Å². The van der Waals surface area contributed by atoms with E-state index in [1.807, 2.05) is 0 Å². The zero-order valence-corrected chi connectivity index (χ0v) is 11.4. The Morgan fingerprint density at radius 3 is 2.17 bits per heavy atom. The summed E-state index contributed by atoms with van der Waals surface area (Å²) in [4.78, 5) is 11.3. The summed E-state index contributed by atoms with van der Waals surface area (Å²) in [6.45, 7) is 0. The van der Waals surface area contributed by atoms with E-state index in [0.717, 1.165) is 18.2 Å². The second kappa shape index (κ2) is 6.68. The van der Waals surface area contributed by atoms with Crippen LogP contribution in [0.3, 0.4) is 0 Å². The van der Waals surface area contributed by atoms with E-state index >= 15 is 0 Å². The lowest BCUT2D eigenvalue weighted by molar-refractivity contribution is -0.255. The van der Waals surface area contributed by atoms with Crippen LogP contribution >= 0.6 is 11.6 Å². The van der Waals surface area contributed by atoms with Gasteiger partial charge in [0.1, 0.15) is 0 Å². The summed E-state index contributed by atoms with van der Waals surface area (Å²) in [6, 6.07) is -3.20. The van der Waals surface area contributed by atoms with Crippen molar-refractivity contribution < 1.29 is 36.3 Å². The first kappa shape index (κ1) is 19.1. The number of nitrogens with one attached hydrogen (secondary N) is 2. The Kier molecular flexibility index (Phi) is 5.56. The summed E-state index contributed by atoms with van der Waals surface area (Å²) in [6.07, 6.45) is -11.6. The first-order valence-electron chi connectivity index (χ1n) is 5.49. The van der Waals surface area contributed by atoms with Crippen LogP contribution in [0.1, 0.15) is 0 Å². The summed E-state index contributed by atoms with van der Waals surface area (Å²) in [5.41, 5.74) is -1.25. The standard InChI is InChI=1S/C10H7ClF6N3O3/c11-4-1-2-5(6(3-4)20(22)23)18-8(21)19-7(9(12,13)14)10(15,16)17/h1-3,7,22H,(H2,18,19,21)/q-1. The van der Waals surface area contributed by atoms with E-state index < -0.39 is 41.0 Å². The third-order valence-electron chi connectivity index (χ3n) is 2.34. The molecular formula is C10H7ClF6N3O3-. The number of hydrogen-bond acceptors (Lipinski definition) is 4. The Hall–Kier alpha value is -1.92. The van der Waals surface area contributed by atoms with E-state index in [2.05, 4.69) is 0 Å². The highest BCUT2D eigenvalue weighted by molar-refractivity contribution is 6.31. The van der Waals surface area contributed by atoms with Crippen molar-refractivity contribution in [3.63, 3.8) is 0 Å². The van der Waals surface area contributed by atoms with Gasteiger partial charge in [-0.2, -0.15) is 26.3 Å². The molecule has 1 rings (SSSR count). The first-order chi connectivity index (χ1) is 10.3. The Morgan fingerprint density at radius 1 is 1.22 bits per heavy atom. The van der Waals surface area contributed by atoms with E-state index in [0.29, 0.717) is 5.32 Å². The molecule has 23 heavy (non-hydrogen) atoms. The normalized spacial score (nSPS) is 12.3. The molecule has 0 spiro atoms. The Labute approximate surface area is 129 Å². The van der Waals surface area contributed by atoms with Gasteiger partial charge in [0.2, 0.25) is 6.04 Å². The molecule has 0 aliphatic carbocycles. The quantitative estimate of drug-likeness (QED) is 0.563. The third-order valence-corrected chi connectivity index (χ3v) is 2.58. The fourth-order valence-electron chi connectivity index (χ4n) is 1.41. The predicted molar refractivity (Wildman–Crippen MR) is 67.1 cm³/mol. The highest BCUT2D eigenvalue weighted by atomic mass is 35.5. The molecule has 1 aromatic carbocycles. The number of amides is 2. The number of carbonyl (C=O) groups excluding carboxylic acids is 1. The van der Waals surface area contributed by atoms with Gasteiger partial charge in [-0.3, -0.25) is 5.21 Å². The molecule has 0 atom stereocenters. The molecule has 0 unspecified atom stereocenters. The van der Waals surface area contributed by atoms with Gasteiger partial charge in [0.15, 0.2) is 0 Å². The number of anilines is 2. The molecule has 13 heteroatoms. The number of benzene rings is 1. The number of halogens is 7. The lowest BCUT2D eigenvalue weighted by atomic mass is 10.2. The van der Waals surface area contributed by atoms with Gasteiger partial charge in [0.25, 0.3) is 0 Å². The van der Waals surface area contributed by atoms with Gasteiger partial charge in [0, 0.05) is 5.02 Å². The van der Waals surface area contributed by atoms with Crippen LogP contribution in [-0.2, 0) is 0 Å². The van der Waals surface area contributed by atoms with Crippen molar-refractivity contribution in [3.05, 3.63) is 28.4 Å². The molecule has 0 aliphatic heterocycles. The van der Waals surface area contributed by atoms with Crippen molar-refractivity contribution in [1.82, 2.24) is 5.32 Å². The highest BCUT2D eigenvalue weighted by Crippen LogP contribution is 2.33. The molecule has 6 nitrogen and oxygen atoms in total. The maximum absolute atomic E-state index is 12.3. The minimum absolute atomic E-state index is 0.0793. The summed E-state index contributed by atoms with van der Waals surface area (Å²) in [5, 5.41) is 21.0. The van der Waals surface area contributed by atoms with Crippen molar-refractivity contribution in [2.75, 3.05) is 10.5 Å². The molecule has 0 saturated carbocycles. The van der Waals surface area contributed by atoms with E-state index in [4.69, 9.17) is 16.8 Å². The van der Waals surface area contributed by atoms with E-state index in [1.54, 1.807) is 5.32 Å². The molecule has 0 aromatic heterocycles. The average Bonchev–Trinajstić information content (AvgIpc) is 2.35. The van der Waals surface area contributed by atoms with Gasteiger partial charge < -0.3 is 21.1 Å². The number of carbonyl (C=O) groups is 1. The molecule has 0 bridgehead atoms. The van der Waals surface area contributed by atoms with Crippen LogP contribution in [0.5, 0.6) is 0 Å². The Balaban J connectivity index is 2.96. The van der Waals surface area contributed by atoms with Gasteiger partial charge in [-0.15, -0.1) is 0 Å². The van der Waals surface area contributed by atoms with Crippen LogP contribution in [0.4, 0.5) is 42.5 Å². The fraction of sp³-hybridized carbons (Fsp3) is 0.300. The van der Waals surface area contributed by atoms with Crippen molar-refractivity contribution in [2.24, 2.45) is 0 Å². The summed E-state index contributed by atoms with van der Waals surface area (Å²) in [7, 11) is 0. The van der Waals surface area contributed by atoms with E-state index in [1.165, 1.54) is 0 Å². The van der Waals surface area contributed by atoms with Crippen molar-refractivity contribution in [3.8, 4) is 0 Å². The lowest BCUT2D eigenvalue weighted by Gasteiger charge is -2.26. The Morgan fingerprint density at radius 2 is 1.74 bits per heavy atom. The van der Waals surface area contributed by atoms with Crippen molar-refractivity contribution in [1.29, 1.82) is 0 Å². The minimum atomic E-state index is -5.78. The Bertz CT molecular complexity index is 564. The summed E-state index contributed by atoms with van der Waals surface area (Å²) >= 11 is 5.50. The molecule has 0 radical (unpaired) electrons. The molecule has 0 heterocycles. The van der Waals surface area contributed by atoms with Gasteiger partial charge in [-0.05, 0) is 18.2 Å². The highest BCUT2D eigenvalue weighted by Gasteiger charge is 2.57. The zero-order chi connectivity index (χ0) is 18.0. The lowest BCUT2D eigenvalue weighted by Crippen LogP contribution is -2.55. The summed E-state index contributed by atoms with van der Waals surface area (Å²) in [5.74, 6) is 0. The monoisotopic (exact) mass is 366 g/mol. The number of urea groups is 1. The molecule has 130 valence electrons. The number of nitrogens with zero attached hydrogens (tertiary/aromatic N) is 1. The maximum atomic E-state index is 12.3. The molecule has 3 N–H and O–H groups in total. The van der Waals surface area contributed by atoms with Crippen molar-refractivity contribution in [2.45, 2.75) is 18.4 Å². The van der Waals surface area contributed by atoms with Crippen LogP contribution in [0.2, 0.25) is 5.02 Å². The predicted octanol–water partition coefficient (Wildman–Crippen LogP) is 3.65. The number of rotatable bonds is 3. The van der Waals surface area contributed by atoms with Crippen molar-refractivity contribution >= 4 is 29.0 Å². The molecule has 2 amide bonds. The van der Waals surface area contributed by atoms with Gasteiger partial charge in [0.05, 0.1) is 11.4 Å². The zero-order valence-electron chi connectivity index (χ0n) is 10.7. The van der Waals surface area contributed by atoms with E-state index in [-0.39, 0.29) is 5.02 Å². The van der Waals surface area contributed by atoms with Gasteiger partial charge in [-0.1, -0.05) is 11.6 Å². The molecule has 0 saturated heterocycles. The SMILES string of the molecule is O=C(Nc1ccc(Cl)cc1N([O-])O)NC(C(F)(F)F)C(F)(F)F. The molecule has 1 aromatic rings. The molecule has 0 fully saturated rings. The maximum Gasteiger partial charge on any atom is 0.417 e. The van der Waals surface area contributed by atoms with Gasteiger partial charge >= 0.3 is 18.4 Å². The average molecular weight is 367 g/mol. The smallest absolute Gasteiger partial charge is 0.417 e. The van der Waals surface area contributed by atoms with Crippen LogP contribution < -0.4 is 15.9 Å². The summed E-state index contributed by atoms with van der Waals surface area (Å²) < 4.78 is 73.8. The third kappa shape index (κ3) is 5.33. The van der Waals surface area contributed by atoms with Gasteiger partial charge in [-0.25, -0.2) is 4.79 Å². The number of hydrogen-bond donors (Lipinski definition) is 3. The second-order valence-electron chi connectivity index (χ2n) is 4.05. The van der Waals surface area contributed by atoms with Crippen LogP contribution in [-0.4, -0.2) is 29.6 Å². The largest absolute Gasteiger partial charge is 0.733 e. The first-order valence-corrected chi connectivity index (χ1v) is 5.87. The topological polar surface area (TPSA) is 87.7 Å². The number of alkyl halides is 6. The van der Waals surface area contributed by atoms with Crippen LogP contribution in [0.15, 0.2) is 18.2 Å². The van der Waals surface area contributed by atoms with Crippen LogP contribution in [0.25, 0.3) is 0 Å². The minimum Gasteiger partial charge on any atom is -0.733 e. The second-order valence-corrected chi connectivity index (χ2v) is 4.49. The molecule has 0 aliphatic rings. The molecular weight excluding hydrogens is 360 g/mol. The fourth-order valence-corrected chi connectivity index (χ4v) is 1.57.